The summed E-state index contributed by atoms with van der Waals surface area (Å²) in [5.74, 6) is 8.36. The van der Waals surface area contributed by atoms with E-state index in [1.54, 1.807) is 4.90 Å². The second kappa shape index (κ2) is 38.8. The summed E-state index contributed by atoms with van der Waals surface area (Å²) in [7, 11) is 9.80. The number of hydrogen-bond acceptors (Lipinski definition) is 8. The summed E-state index contributed by atoms with van der Waals surface area (Å²) in [6.45, 7) is 14.8. The molecule has 6 aromatic carbocycles. The minimum absolute atomic E-state index is 0.0154. The van der Waals surface area contributed by atoms with Crippen LogP contribution in [0.3, 0.4) is 0 Å². The Hall–Kier alpha value is -6.76. The van der Waals surface area contributed by atoms with E-state index in [0.29, 0.717) is 12.8 Å². The summed E-state index contributed by atoms with van der Waals surface area (Å²) >= 11 is 12.0. The molecular weight excluding hydrogens is 1170 g/mol. The Balaban J connectivity index is 0.000000248. The van der Waals surface area contributed by atoms with Gasteiger partial charge >= 0.3 is 0 Å². The van der Waals surface area contributed by atoms with Crippen LogP contribution < -0.4 is 9.80 Å². The van der Waals surface area contributed by atoms with Gasteiger partial charge in [0, 0.05) is 111 Å². The molecule has 12 heteroatoms. The highest BCUT2D eigenvalue weighted by atomic mass is 35.5. The number of hydrogen-bond donors (Lipinski definition) is 1. The van der Waals surface area contributed by atoms with Crippen molar-refractivity contribution in [3.8, 4) is 24.2 Å². The second-order valence-corrected chi connectivity index (χ2v) is 30.7. The number of fused-ring (bicyclic) bond motifs is 4. The van der Waals surface area contributed by atoms with Crippen LogP contribution >= 0.6 is 23.2 Å². The van der Waals surface area contributed by atoms with Crippen molar-refractivity contribution in [2.24, 2.45) is 0 Å². The Bertz CT molecular complexity index is 3500. The average Bonchev–Trinajstić information content (AvgIpc) is 1.33. The van der Waals surface area contributed by atoms with Crippen LogP contribution in [0, 0.1) is 24.2 Å². The lowest BCUT2D eigenvalue weighted by Crippen LogP contribution is -2.42. The molecular formula is C78H101Cl2N3O6Si. The molecule has 6 aromatic rings. The maximum Gasteiger partial charge on any atom is 0.222 e. The Morgan fingerprint density at radius 2 is 1.12 bits per heavy atom. The molecule has 0 heterocycles. The van der Waals surface area contributed by atoms with E-state index in [-0.39, 0.29) is 34.9 Å². The van der Waals surface area contributed by atoms with E-state index in [2.05, 4.69) is 131 Å². The first-order valence-electron chi connectivity index (χ1n) is 32.2. The number of allylic oxidation sites excluding steroid dienone is 2. The highest BCUT2D eigenvalue weighted by Gasteiger charge is 2.38. The highest BCUT2D eigenvalue weighted by molar-refractivity contribution is 6.74. The van der Waals surface area contributed by atoms with Crippen LogP contribution in [0.1, 0.15) is 179 Å². The Morgan fingerprint density at radius 1 is 0.633 bits per heavy atom. The number of carbonyl (C=O) groups excluding carboxylic acids is 4. The monoisotopic (exact) mass is 1270 g/mol. The van der Waals surface area contributed by atoms with Gasteiger partial charge in [-0.3, -0.25) is 19.2 Å². The number of aliphatic hydroxyl groups is 1. The molecule has 1 amide bonds. The van der Waals surface area contributed by atoms with E-state index in [1.807, 2.05) is 108 Å². The number of amides is 1. The molecule has 0 atom stereocenters. The SMILES string of the molecule is C#CCCC/C=C/c1ccccc1Cl.CCC(=O)C#CCCC/C=C/c1ccccc1Cl.CCCCCCC(=O)N(C)C.CN(C)c1cccc2c(C(=O)CO)c3c(cc12)CCC3.CN(C)c1cccc2c(C(=O)CO[Si](C)(C)C(C)(C)C)c3c(cc12)CCC3. The van der Waals surface area contributed by atoms with E-state index >= 15 is 0 Å². The van der Waals surface area contributed by atoms with Gasteiger partial charge in [0.1, 0.15) is 6.61 Å². The largest absolute Gasteiger partial charge is 0.409 e. The zero-order valence-corrected chi connectivity index (χ0v) is 58.9. The third-order valence-electron chi connectivity index (χ3n) is 16.6. The second-order valence-electron chi connectivity index (χ2n) is 25.1. The summed E-state index contributed by atoms with van der Waals surface area (Å²) in [6, 6.07) is 32.4. The number of unbranched alkanes of at least 4 members (excludes halogenated alkanes) is 7. The number of aryl methyl sites for hydroxylation is 2. The van der Waals surface area contributed by atoms with Crippen molar-refractivity contribution < 1.29 is 28.7 Å². The highest BCUT2D eigenvalue weighted by Crippen LogP contribution is 2.40. The number of halogens is 2. The van der Waals surface area contributed by atoms with Crippen LogP contribution in [0.2, 0.25) is 28.2 Å². The molecule has 0 bridgehead atoms. The number of aliphatic hydroxyl groups excluding tert-OH is 1. The molecule has 482 valence electrons. The lowest BCUT2D eigenvalue weighted by atomic mass is 9.92. The molecule has 9 nitrogen and oxygen atoms in total. The van der Waals surface area contributed by atoms with Crippen LogP contribution in [0.25, 0.3) is 33.7 Å². The fourth-order valence-electron chi connectivity index (χ4n) is 10.4. The van der Waals surface area contributed by atoms with Gasteiger partial charge in [-0.1, -0.05) is 168 Å². The predicted octanol–water partition coefficient (Wildman–Crippen LogP) is 18.9. The van der Waals surface area contributed by atoms with Crippen molar-refractivity contribution in [1.29, 1.82) is 0 Å². The number of benzene rings is 6. The quantitative estimate of drug-likeness (QED) is 0.0235. The Morgan fingerprint density at radius 3 is 1.56 bits per heavy atom. The molecule has 1 N–H and O–H groups in total. The van der Waals surface area contributed by atoms with Crippen molar-refractivity contribution in [2.45, 2.75) is 168 Å². The van der Waals surface area contributed by atoms with Gasteiger partial charge < -0.3 is 24.2 Å². The van der Waals surface area contributed by atoms with Gasteiger partial charge in [-0.05, 0) is 175 Å². The number of anilines is 2. The summed E-state index contributed by atoms with van der Waals surface area (Å²) in [5, 5.41) is 15.3. The van der Waals surface area contributed by atoms with Crippen molar-refractivity contribution in [3.05, 3.63) is 164 Å². The van der Waals surface area contributed by atoms with E-state index in [4.69, 9.17) is 34.1 Å². The smallest absolute Gasteiger partial charge is 0.222 e. The minimum atomic E-state index is -1.95. The zero-order chi connectivity index (χ0) is 66.4. The third kappa shape index (κ3) is 23.5. The average molecular weight is 1280 g/mol. The molecule has 0 radical (unpaired) electrons. The molecule has 90 heavy (non-hydrogen) atoms. The van der Waals surface area contributed by atoms with Crippen molar-refractivity contribution >= 4 is 99.8 Å². The van der Waals surface area contributed by atoms with E-state index in [0.717, 1.165) is 143 Å². The van der Waals surface area contributed by atoms with Gasteiger partial charge in [0.05, 0.1) is 6.61 Å². The number of carbonyl (C=O) groups is 4. The van der Waals surface area contributed by atoms with E-state index < -0.39 is 14.9 Å². The molecule has 0 aromatic heterocycles. The van der Waals surface area contributed by atoms with Crippen molar-refractivity contribution in [3.63, 3.8) is 0 Å². The molecule has 0 aliphatic heterocycles. The van der Waals surface area contributed by atoms with Crippen LogP contribution in [0.5, 0.6) is 0 Å². The first kappa shape index (κ1) is 75.7. The maximum absolute atomic E-state index is 13.4. The Labute approximate surface area is 551 Å². The normalized spacial score (nSPS) is 12.2. The Kier molecular flexibility index (Phi) is 32.7. The molecule has 0 fully saturated rings. The molecule has 0 saturated heterocycles. The summed E-state index contributed by atoms with van der Waals surface area (Å²) in [6.07, 6.45) is 31.2. The number of nitrogens with zero attached hydrogens (tertiary/aromatic N) is 3. The van der Waals surface area contributed by atoms with Crippen LogP contribution in [-0.2, 0) is 39.7 Å². The van der Waals surface area contributed by atoms with Gasteiger partial charge in [0.25, 0.3) is 0 Å². The summed E-state index contributed by atoms with van der Waals surface area (Å²) in [4.78, 5) is 53.4. The van der Waals surface area contributed by atoms with Gasteiger partial charge in [0.15, 0.2) is 19.9 Å². The van der Waals surface area contributed by atoms with Crippen molar-refractivity contribution in [1.82, 2.24) is 4.90 Å². The molecule has 2 aliphatic carbocycles. The standard InChI is InChI=1S/C23H33NO2Si.C17H19NO2.C16H17ClO.C13H13Cl.C9H19NO/c1-23(2,3)27(6,7)26-15-21(25)22-17-11-8-10-16(17)14-19-18(22)12-9-13-20(19)24(4)5;1-18(2)15-8-4-7-13-14(15)9-11-5-3-6-12(11)17(13)16(20)10-19;1-2-15(18)12-7-5-3-4-6-10-14-11-8-9-13-16(14)17;1-2-3-4-5-6-9-12-10-7-8-11-13(12)14;1-4-5-6-7-8-9(11)10(2)3/h9,12-14H,8,10-11,15H2,1-7H3;4,7-9,19H,3,5-6,10H2,1-2H3;6,8-11,13H,2-5H2,1H3;1,6-11H,3-5H2;4-8H2,1-3H3/b;;10-6+;9-6+;. The maximum atomic E-state index is 13.4. The fraction of sp³-hybridized carbons (Fsp3) is 0.436. The minimum Gasteiger partial charge on any atom is -0.409 e. The molecule has 0 spiro atoms. The summed E-state index contributed by atoms with van der Waals surface area (Å²) < 4.78 is 6.28. The third-order valence-corrected chi connectivity index (χ3v) is 21.7. The number of terminal acetylenes is 1. The lowest BCUT2D eigenvalue weighted by molar-refractivity contribution is -0.128. The number of ketones is 3. The van der Waals surface area contributed by atoms with Gasteiger partial charge in [-0.25, -0.2) is 0 Å². The van der Waals surface area contributed by atoms with Gasteiger partial charge in [-0.15, -0.1) is 12.3 Å². The van der Waals surface area contributed by atoms with Gasteiger partial charge in [0.2, 0.25) is 11.7 Å². The zero-order valence-electron chi connectivity index (χ0n) is 56.4. The topological polar surface area (TPSA) is 107 Å². The molecule has 2 aliphatic rings. The summed E-state index contributed by atoms with van der Waals surface area (Å²) in [5.41, 5.74) is 11.0. The van der Waals surface area contributed by atoms with Crippen LogP contribution in [-0.4, -0.2) is 97.1 Å². The molecule has 0 saturated carbocycles. The van der Waals surface area contributed by atoms with Crippen LogP contribution in [0.4, 0.5) is 11.4 Å². The van der Waals surface area contributed by atoms with Crippen molar-refractivity contribution in [2.75, 3.05) is 65.3 Å². The van der Waals surface area contributed by atoms with Crippen LogP contribution in [0.15, 0.2) is 109 Å². The molecule has 8 rings (SSSR count). The molecule has 0 unspecified atom stereocenters. The van der Waals surface area contributed by atoms with E-state index in [1.165, 1.54) is 47.0 Å². The van der Waals surface area contributed by atoms with Gasteiger partial charge in [-0.2, -0.15) is 0 Å². The van der Waals surface area contributed by atoms with E-state index in [9.17, 15) is 24.3 Å². The number of rotatable bonds is 22. The number of Topliss-reactive ketones (excluding diaryl/α,β-unsaturated/α-hetero) is 3. The first-order chi connectivity index (χ1) is 42.9. The fourth-order valence-corrected chi connectivity index (χ4v) is 11.7. The lowest BCUT2D eigenvalue weighted by Gasteiger charge is -2.36. The predicted molar refractivity (Wildman–Crippen MR) is 388 cm³/mol. The first-order valence-corrected chi connectivity index (χ1v) is 35.9.